The molecular weight excluding hydrogens is 374 g/mol. The van der Waals surface area contributed by atoms with Gasteiger partial charge in [0.2, 0.25) is 5.88 Å². The zero-order chi connectivity index (χ0) is 19.7. The van der Waals surface area contributed by atoms with Gasteiger partial charge in [0, 0.05) is 22.2 Å². The summed E-state index contributed by atoms with van der Waals surface area (Å²) in [6.45, 7) is 0. The van der Waals surface area contributed by atoms with Gasteiger partial charge in [-0.15, -0.1) is 0 Å². The topological polar surface area (TPSA) is 77.2 Å². The molecule has 1 aliphatic carbocycles. The zero-order valence-corrected chi connectivity index (χ0v) is 16.2. The largest absolute Gasteiger partial charge is 0.481 e. The smallest absolute Gasteiger partial charge is 0.251 e. The third-order valence-electron chi connectivity index (χ3n) is 5.07. The maximum absolute atomic E-state index is 12.6. The van der Waals surface area contributed by atoms with Crippen LogP contribution in [0.4, 0.5) is 5.82 Å². The fourth-order valence-electron chi connectivity index (χ4n) is 3.28. The molecule has 1 saturated carbocycles. The van der Waals surface area contributed by atoms with Crippen molar-refractivity contribution in [1.29, 1.82) is 0 Å². The molecule has 0 saturated heterocycles. The van der Waals surface area contributed by atoms with Crippen molar-refractivity contribution >= 4 is 23.3 Å². The first-order chi connectivity index (χ1) is 13.5. The van der Waals surface area contributed by atoms with Crippen molar-refractivity contribution < 1.29 is 9.53 Å². The molecule has 1 amide bonds. The Morgan fingerprint density at radius 3 is 2.32 bits per heavy atom. The third-order valence-corrected chi connectivity index (χ3v) is 5.32. The van der Waals surface area contributed by atoms with E-state index in [2.05, 4.69) is 10.3 Å². The number of aromatic nitrogens is 1. The summed E-state index contributed by atoms with van der Waals surface area (Å²) in [4.78, 5) is 16.8. The summed E-state index contributed by atoms with van der Waals surface area (Å²) in [5.41, 5.74) is 9.24. The van der Waals surface area contributed by atoms with E-state index in [0.29, 0.717) is 22.3 Å². The molecule has 3 aromatic rings. The maximum Gasteiger partial charge on any atom is 0.251 e. The molecule has 0 bridgehead atoms. The van der Waals surface area contributed by atoms with E-state index in [1.807, 2.05) is 30.3 Å². The second-order valence-electron chi connectivity index (χ2n) is 6.91. The van der Waals surface area contributed by atoms with Crippen LogP contribution in [0.1, 0.15) is 28.8 Å². The predicted molar refractivity (Wildman–Crippen MR) is 110 cm³/mol. The number of nitrogens with one attached hydrogen (secondary N) is 1. The summed E-state index contributed by atoms with van der Waals surface area (Å²) >= 11 is 5.90. The van der Waals surface area contributed by atoms with E-state index >= 15 is 0 Å². The number of rotatable bonds is 5. The minimum Gasteiger partial charge on any atom is -0.481 e. The molecule has 1 aliphatic rings. The monoisotopic (exact) mass is 393 g/mol. The Balaban J connectivity index is 1.53. The fourth-order valence-corrected chi connectivity index (χ4v) is 3.41. The van der Waals surface area contributed by atoms with Crippen LogP contribution >= 0.6 is 11.6 Å². The first-order valence-corrected chi connectivity index (χ1v) is 9.38. The van der Waals surface area contributed by atoms with E-state index in [-0.39, 0.29) is 11.4 Å². The highest BCUT2D eigenvalue weighted by atomic mass is 35.5. The van der Waals surface area contributed by atoms with Gasteiger partial charge in [-0.1, -0.05) is 35.9 Å². The van der Waals surface area contributed by atoms with Crippen LogP contribution in [0.15, 0.2) is 60.7 Å². The standard InChI is InChI=1S/C22H20ClN3O2/c1-28-19-11-10-18(20(24)25-19)14-2-6-16(7-3-14)22(12-13-22)26-21(27)15-4-8-17(23)9-5-15/h2-11H,12-13H2,1H3,(H2,24,25)(H,26,27). The SMILES string of the molecule is COc1ccc(-c2ccc(C3(NC(=O)c4ccc(Cl)cc4)CC3)cc2)c(N)n1. The Kier molecular flexibility index (Phi) is 4.69. The van der Waals surface area contributed by atoms with Gasteiger partial charge in [0.1, 0.15) is 5.82 Å². The Morgan fingerprint density at radius 2 is 1.75 bits per heavy atom. The molecule has 2 aromatic carbocycles. The van der Waals surface area contributed by atoms with Crippen LogP contribution in [0.25, 0.3) is 11.1 Å². The van der Waals surface area contributed by atoms with Crippen LogP contribution in [0.2, 0.25) is 5.02 Å². The Labute approximate surface area is 168 Å². The summed E-state index contributed by atoms with van der Waals surface area (Å²) in [6.07, 6.45) is 1.83. The molecule has 1 aromatic heterocycles. The van der Waals surface area contributed by atoms with Gasteiger partial charge in [-0.25, -0.2) is 0 Å². The minimum atomic E-state index is -0.307. The summed E-state index contributed by atoms with van der Waals surface area (Å²) < 4.78 is 5.10. The molecular formula is C22H20ClN3O2. The number of benzene rings is 2. The van der Waals surface area contributed by atoms with Gasteiger partial charge in [0.05, 0.1) is 12.6 Å². The molecule has 0 aliphatic heterocycles. The number of nitrogens with zero attached hydrogens (tertiary/aromatic N) is 1. The normalized spacial score (nSPS) is 14.4. The van der Waals surface area contributed by atoms with Crippen LogP contribution < -0.4 is 15.8 Å². The number of carbonyl (C=O) groups excluding carboxylic acids is 1. The summed E-state index contributed by atoms with van der Waals surface area (Å²) in [6, 6.07) is 18.7. The summed E-state index contributed by atoms with van der Waals surface area (Å²) in [5, 5.41) is 3.78. The summed E-state index contributed by atoms with van der Waals surface area (Å²) in [5.74, 6) is 0.811. The highest BCUT2D eigenvalue weighted by Crippen LogP contribution is 2.46. The number of pyridine rings is 1. The van der Waals surface area contributed by atoms with Crippen molar-refractivity contribution in [2.45, 2.75) is 18.4 Å². The van der Waals surface area contributed by atoms with Gasteiger partial charge in [0.25, 0.3) is 5.91 Å². The molecule has 28 heavy (non-hydrogen) atoms. The number of halogens is 1. The molecule has 1 fully saturated rings. The molecule has 0 spiro atoms. The Bertz CT molecular complexity index is 1010. The van der Waals surface area contributed by atoms with Crippen LogP contribution in [0.3, 0.4) is 0 Å². The van der Waals surface area contributed by atoms with Crippen LogP contribution in [0, 0.1) is 0 Å². The van der Waals surface area contributed by atoms with Crippen molar-refractivity contribution in [3.05, 3.63) is 76.8 Å². The molecule has 6 heteroatoms. The molecule has 5 nitrogen and oxygen atoms in total. The van der Waals surface area contributed by atoms with E-state index in [4.69, 9.17) is 22.1 Å². The number of carbonyl (C=O) groups is 1. The van der Waals surface area contributed by atoms with Crippen molar-refractivity contribution in [2.75, 3.05) is 12.8 Å². The van der Waals surface area contributed by atoms with Gasteiger partial charge in [-0.2, -0.15) is 4.98 Å². The lowest BCUT2D eigenvalue weighted by Gasteiger charge is -2.19. The second kappa shape index (κ2) is 7.17. The predicted octanol–water partition coefficient (Wildman–Crippen LogP) is 4.41. The van der Waals surface area contributed by atoms with Crippen molar-refractivity contribution in [3.63, 3.8) is 0 Å². The molecule has 0 atom stereocenters. The second-order valence-corrected chi connectivity index (χ2v) is 7.34. The van der Waals surface area contributed by atoms with E-state index in [9.17, 15) is 4.79 Å². The quantitative estimate of drug-likeness (QED) is 0.673. The number of nitrogen functional groups attached to an aromatic ring is 1. The number of hydrogen-bond acceptors (Lipinski definition) is 4. The molecule has 0 radical (unpaired) electrons. The van der Waals surface area contributed by atoms with Crippen molar-refractivity contribution in [3.8, 4) is 17.0 Å². The first kappa shape index (κ1) is 18.3. The van der Waals surface area contributed by atoms with Gasteiger partial charge < -0.3 is 15.8 Å². The van der Waals surface area contributed by atoms with Gasteiger partial charge >= 0.3 is 0 Å². The molecule has 1 heterocycles. The number of anilines is 1. The number of methoxy groups -OCH3 is 1. The number of nitrogens with two attached hydrogens (primary N) is 1. The van der Waals surface area contributed by atoms with E-state index in [1.165, 1.54) is 0 Å². The molecule has 3 N–H and O–H groups in total. The van der Waals surface area contributed by atoms with Crippen LogP contribution in [0.5, 0.6) is 5.88 Å². The fraction of sp³-hybridized carbons (Fsp3) is 0.182. The number of ether oxygens (including phenoxy) is 1. The van der Waals surface area contributed by atoms with Crippen LogP contribution in [-0.2, 0) is 5.54 Å². The molecule has 142 valence electrons. The van der Waals surface area contributed by atoms with Crippen LogP contribution in [-0.4, -0.2) is 18.0 Å². The van der Waals surface area contributed by atoms with E-state index in [1.54, 1.807) is 37.4 Å². The highest BCUT2D eigenvalue weighted by Gasteiger charge is 2.45. The van der Waals surface area contributed by atoms with Crippen molar-refractivity contribution in [2.24, 2.45) is 0 Å². The lowest BCUT2D eigenvalue weighted by atomic mass is 9.99. The molecule has 0 unspecified atom stereocenters. The molecule has 4 rings (SSSR count). The van der Waals surface area contributed by atoms with E-state index < -0.39 is 0 Å². The van der Waals surface area contributed by atoms with E-state index in [0.717, 1.165) is 29.5 Å². The Hall–Kier alpha value is -3.05. The lowest BCUT2D eigenvalue weighted by Crippen LogP contribution is -2.34. The van der Waals surface area contributed by atoms with Gasteiger partial charge in [0.15, 0.2) is 0 Å². The third kappa shape index (κ3) is 3.53. The number of amides is 1. The minimum absolute atomic E-state index is 0.0955. The lowest BCUT2D eigenvalue weighted by molar-refractivity contribution is 0.0931. The highest BCUT2D eigenvalue weighted by molar-refractivity contribution is 6.30. The Morgan fingerprint density at radius 1 is 1.07 bits per heavy atom. The van der Waals surface area contributed by atoms with Crippen molar-refractivity contribution in [1.82, 2.24) is 10.3 Å². The van der Waals surface area contributed by atoms with Gasteiger partial charge in [-0.05, 0) is 54.3 Å². The average molecular weight is 394 g/mol. The number of hydrogen-bond donors (Lipinski definition) is 2. The summed E-state index contributed by atoms with van der Waals surface area (Å²) in [7, 11) is 1.56. The first-order valence-electron chi connectivity index (χ1n) is 9.00. The zero-order valence-electron chi connectivity index (χ0n) is 15.4. The maximum atomic E-state index is 12.6. The average Bonchev–Trinajstić information content (AvgIpc) is 3.49. The van der Waals surface area contributed by atoms with Gasteiger partial charge in [-0.3, -0.25) is 4.79 Å².